The number of piperazine rings is 1. The number of nitrogens with one attached hydrogen (secondary N) is 1. The molecule has 4 rings (SSSR count). The maximum Gasteiger partial charge on any atom is 0.243 e. The number of rotatable bonds is 7. The number of sulfonamides is 1. The Kier molecular flexibility index (Phi) is 6.58. The molecule has 0 radical (unpaired) electrons. The molecule has 1 N–H and O–H groups in total. The molecule has 12 heteroatoms. The number of hydrogen-bond donors (Lipinski definition) is 1. The summed E-state index contributed by atoms with van der Waals surface area (Å²) in [6.07, 6.45) is 3.04. The van der Waals surface area contributed by atoms with Gasteiger partial charge in [0.25, 0.3) is 0 Å². The van der Waals surface area contributed by atoms with Crippen LogP contribution >= 0.6 is 11.6 Å². The number of benzene rings is 2. The molecule has 32 heavy (non-hydrogen) atoms. The monoisotopic (exact) mass is 482 g/mol. The first-order valence-corrected chi connectivity index (χ1v) is 11.7. The summed E-state index contributed by atoms with van der Waals surface area (Å²) in [6, 6.07) is 8.17. The third-order valence-corrected chi connectivity index (χ3v) is 7.40. The second kappa shape index (κ2) is 9.39. The Morgan fingerprint density at radius 1 is 1.06 bits per heavy atom. The van der Waals surface area contributed by atoms with Crippen LogP contribution < -0.4 is 10.2 Å². The van der Waals surface area contributed by atoms with Gasteiger partial charge in [-0.15, -0.1) is 0 Å². The standard InChI is InChI=1S/C20H21ClF2N6O2S/c21-16-12-15(4-5-19(16)25-6-7-28-14-24-13-26-28)32(30,31)29-10-8-27(9-11-29)20-17(22)2-1-3-18(20)23/h1-5,12-14,25H,6-11H2. The van der Waals surface area contributed by atoms with Crippen molar-refractivity contribution in [3.8, 4) is 0 Å². The number of hydrogen-bond acceptors (Lipinski definition) is 6. The first kappa shape index (κ1) is 22.4. The fraction of sp³-hybridized carbons (Fsp3) is 0.300. The molecule has 1 saturated heterocycles. The summed E-state index contributed by atoms with van der Waals surface area (Å²) in [5.41, 5.74) is 0.472. The molecule has 0 amide bonds. The third kappa shape index (κ3) is 4.69. The van der Waals surface area contributed by atoms with Gasteiger partial charge in [0.15, 0.2) is 0 Å². The van der Waals surface area contributed by atoms with Crippen LogP contribution in [0.15, 0.2) is 53.9 Å². The van der Waals surface area contributed by atoms with E-state index in [-0.39, 0.29) is 41.8 Å². The van der Waals surface area contributed by atoms with Crippen LogP contribution in [-0.2, 0) is 16.6 Å². The molecular formula is C20H21ClF2N6O2S. The number of nitrogens with zero attached hydrogens (tertiary/aromatic N) is 5. The molecule has 170 valence electrons. The second-order valence-corrected chi connectivity index (χ2v) is 9.53. The highest BCUT2D eigenvalue weighted by atomic mass is 35.5. The van der Waals surface area contributed by atoms with E-state index in [2.05, 4.69) is 15.4 Å². The van der Waals surface area contributed by atoms with Crippen LogP contribution in [0.5, 0.6) is 0 Å². The zero-order valence-electron chi connectivity index (χ0n) is 17.0. The highest BCUT2D eigenvalue weighted by molar-refractivity contribution is 7.89. The van der Waals surface area contributed by atoms with Gasteiger partial charge in [-0.2, -0.15) is 9.40 Å². The maximum absolute atomic E-state index is 14.0. The van der Waals surface area contributed by atoms with Gasteiger partial charge in [-0.3, -0.25) is 4.68 Å². The van der Waals surface area contributed by atoms with Crippen molar-refractivity contribution < 1.29 is 17.2 Å². The minimum atomic E-state index is -3.80. The Morgan fingerprint density at radius 3 is 2.41 bits per heavy atom. The minimum Gasteiger partial charge on any atom is -0.382 e. The lowest BCUT2D eigenvalue weighted by Crippen LogP contribution is -2.49. The van der Waals surface area contributed by atoms with Gasteiger partial charge in [0.2, 0.25) is 10.0 Å². The SMILES string of the molecule is O=S(=O)(c1ccc(NCCn2cncn2)c(Cl)c1)N1CCN(c2c(F)cccc2F)CC1. The third-order valence-electron chi connectivity index (χ3n) is 5.19. The lowest BCUT2D eigenvalue weighted by molar-refractivity contribution is 0.381. The molecular weight excluding hydrogens is 462 g/mol. The predicted octanol–water partition coefficient (Wildman–Crippen LogP) is 2.83. The van der Waals surface area contributed by atoms with E-state index in [4.69, 9.17) is 11.6 Å². The van der Waals surface area contributed by atoms with Crippen LogP contribution in [0.25, 0.3) is 0 Å². The predicted molar refractivity (Wildman–Crippen MR) is 117 cm³/mol. The molecule has 2 heterocycles. The molecule has 1 aliphatic rings. The van der Waals surface area contributed by atoms with E-state index in [1.54, 1.807) is 17.1 Å². The first-order valence-electron chi connectivity index (χ1n) is 9.91. The van der Waals surface area contributed by atoms with E-state index in [0.29, 0.717) is 18.8 Å². The van der Waals surface area contributed by atoms with Crippen LogP contribution in [0.4, 0.5) is 20.2 Å². The van der Waals surface area contributed by atoms with Crippen molar-refractivity contribution in [2.24, 2.45) is 0 Å². The highest BCUT2D eigenvalue weighted by Crippen LogP contribution is 2.29. The van der Waals surface area contributed by atoms with Crippen molar-refractivity contribution in [1.29, 1.82) is 0 Å². The Morgan fingerprint density at radius 2 is 1.78 bits per heavy atom. The van der Waals surface area contributed by atoms with Crippen molar-refractivity contribution in [2.75, 3.05) is 42.9 Å². The van der Waals surface area contributed by atoms with Crippen molar-refractivity contribution in [1.82, 2.24) is 19.1 Å². The summed E-state index contributed by atoms with van der Waals surface area (Å²) in [6.45, 7) is 1.66. The topological polar surface area (TPSA) is 83.4 Å². The van der Waals surface area contributed by atoms with Crippen LogP contribution in [-0.4, -0.2) is 60.2 Å². The molecule has 0 bridgehead atoms. The molecule has 8 nitrogen and oxygen atoms in total. The maximum atomic E-state index is 14.0. The van der Waals surface area contributed by atoms with E-state index < -0.39 is 21.7 Å². The van der Waals surface area contributed by atoms with Gasteiger partial charge >= 0.3 is 0 Å². The highest BCUT2D eigenvalue weighted by Gasteiger charge is 2.30. The Bertz CT molecular complexity index is 1160. The van der Waals surface area contributed by atoms with Gasteiger partial charge in [-0.05, 0) is 30.3 Å². The molecule has 0 spiro atoms. The summed E-state index contributed by atoms with van der Waals surface area (Å²) >= 11 is 6.30. The van der Waals surface area contributed by atoms with Gasteiger partial charge < -0.3 is 10.2 Å². The lowest BCUT2D eigenvalue weighted by atomic mass is 10.2. The smallest absolute Gasteiger partial charge is 0.243 e. The molecule has 0 atom stereocenters. The van der Waals surface area contributed by atoms with Crippen LogP contribution in [0.1, 0.15) is 0 Å². The summed E-state index contributed by atoms with van der Waals surface area (Å²) in [5.74, 6) is -1.33. The van der Waals surface area contributed by atoms with E-state index >= 15 is 0 Å². The van der Waals surface area contributed by atoms with Gasteiger partial charge in [-0.25, -0.2) is 22.2 Å². The molecule has 1 fully saturated rings. The van der Waals surface area contributed by atoms with Crippen LogP contribution in [0, 0.1) is 11.6 Å². The fourth-order valence-corrected chi connectivity index (χ4v) is 5.31. The van der Waals surface area contributed by atoms with Gasteiger partial charge in [0.05, 0.1) is 22.2 Å². The van der Waals surface area contributed by atoms with E-state index in [0.717, 1.165) is 0 Å². The molecule has 1 aliphatic heterocycles. The summed E-state index contributed by atoms with van der Waals surface area (Å²) in [5, 5.41) is 7.42. The fourth-order valence-electron chi connectivity index (χ4n) is 3.55. The normalized spacial score (nSPS) is 15.2. The quantitative estimate of drug-likeness (QED) is 0.557. The molecule has 2 aromatic carbocycles. The van der Waals surface area contributed by atoms with Crippen molar-refractivity contribution in [3.63, 3.8) is 0 Å². The van der Waals surface area contributed by atoms with Crippen LogP contribution in [0.3, 0.4) is 0 Å². The Labute approximate surface area is 189 Å². The van der Waals surface area contributed by atoms with Crippen molar-refractivity contribution in [3.05, 3.63) is 65.7 Å². The summed E-state index contributed by atoms with van der Waals surface area (Å²) in [7, 11) is -3.80. The molecule has 0 aliphatic carbocycles. The Balaban J connectivity index is 1.40. The van der Waals surface area contributed by atoms with Crippen molar-refractivity contribution >= 4 is 33.0 Å². The molecule has 3 aromatic rings. The number of halogens is 3. The number of anilines is 2. The number of aromatic nitrogens is 3. The molecule has 1 aromatic heterocycles. The second-order valence-electron chi connectivity index (χ2n) is 7.19. The average molecular weight is 483 g/mol. The number of para-hydroxylation sites is 1. The van der Waals surface area contributed by atoms with Gasteiger partial charge in [-0.1, -0.05) is 17.7 Å². The molecule has 0 saturated carbocycles. The summed E-state index contributed by atoms with van der Waals surface area (Å²) < 4.78 is 57.2. The van der Waals surface area contributed by atoms with E-state index in [1.165, 1.54) is 45.9 Å². The Hall–Kier alpha value is -2.76. The zero-order chi connectivity index (χ0) is 22.7. The zero-order valence-corrected chi connectivity index (χ0v) is 18.5. The van der Waals surface area contributed by atoms with E-state index in [1.807, 2.05) is 0 Å². The van der Waals surface area contributed by atoms with Gasteiger partial charge in [0, 0.05) is 32.7 Å². The molecule has 0 unspecified atom stereocenters. The van der Waals surface area contributed by atoms with Crippen molar-refractivity contribution in [2.45, 2.75) is 11.4 Å². The first-order chi connectivity index (χ1) is 15.4. The average Bonchev–Trinajstić information content (AvgIpc) is 3.28. The minimum absolute atomic E-state index is 0.0647. The van der Waals surface area contributed by atoms with Crippen LogP contribution in [0.2, 0.25) is 5.02 Å². The largest absolute Gasteiger partial charge is 0.382 e. The summed E-state index contributed by atoms with van der Waals surface area (Å²) in [4.78, 5) is 5.45. The lowest BCUT2D eigenvalue weighted by Gasteiger charge is -2.35. The van der Waals surface area contributed by atoms with Gasteiger partial charge in [0.1, 0.15) is 30.0 Å². The van der Waals surface area contributed by atoms with E-state index in [9.17, 15) is 17.2 Å².